The largest absolute Gasteiger partial charge is 0.326 e. The molecule has 0 saturated heterocycles. The maximum atomic E-state index is 12.3. The van der Waals surface area contributed by atoms with Crippen LogP contribution in [0.3, 0.4) is 0 Å². The summed E-state index contributed by atoms with van der Waals surface area (Å²) in [6.45, 7) is 4.25. The number of nitrogens with one attached hydrogen (secondary N) is 1. The fourth-order valence-corrected chi connectivity index (χ4v) is 2.85. The van der Waals surface area contributed by atoms with Gasteiger partial charge in [-0.1, -0.05) is 44.2 Å². The Kier molecular flexibility index (Phi) is 3.92. The molecule has 1 N–H and O–H groups in total. The summed E-state index contributed by atoms with van der Waals surface area (Å²) < 4.78 is 0. The van der Waals surface area contributed by atoms with Crippen molar-refractivity contribution in [1.29, 1.82) is 5.26 Å². The molecule has 2 aromatic rings. The molecule has 1 saturated carbocycles. The van der Waals surface area contributed by atoms with Gasteiger partial charge < -0.3 is 5.32 Å². The van der Waals surface area contributed by atoms with Crippen LogP contribution in [-0.2, 0) is 11.2 Å². The summed E-state index contributed by atoms with van der Waals surface area (Å²) in [7, 11) is 0. The second-order valence-corrected chi connectivity index (χ2v) is 6.88. The molecule has 1 fully saturated rings. The molecule has 0 aromatic heterocycles. The van der Waals surface area contributed by atoms with Crippen LogP contribution < -0.4 is 5.32 Å². The molecule has 0 aliphatic heterocycles. The Morgan fingerprint density at radius 2 is 1.87 bits per heavy atom. The van der Waals surface area contributed by atoms with Crippen LogP contribution in [0.25, 0.3) is 0 Å². The predicted molar refractivity (Wildman–Crippen MR) is 90.9 cm³/mol. The molecule has 0 bridgehead atoms. The summed E-state index contributed by atoms with van der Waals surface area (Å²) in [6, 6.07) is 17.6. The summed E-state index contributed by atoms with van der Waals surface area (Å²) in [5.41, 5.74) is 3.88. The third kappa shape index (κ3) is 3.43. The summed E-state index contributed by atoms with van der Waals surface area (Å²) in [5.74, 6) is 0.229. The fourth-order valence-electron chi connectivity index (χ4n) is 2.85. The van der Waals surface area contributed by atoms with E-state index in [0.29, 0.717) is 5.56 Å². The number of nitriles is 1. The highest BCUT2D eigenvalue weighted by Gasteiger charge is 2.50. The molecule has 1 amide bonds. The van der Waals surface area contributed by atoms with Gasteiger partial charge in [-0.2, -0.15) is 5.26 Å². The topological polar surface area (TPSA) is 52.9 Å². The average Bonchev–Trinajstić information content (AvgIpc) is 3.19. The zero-order chi connectivity index (χ0) is 16.4. The van der Waals surface area contributed by atoms with Crippen LogP contribution in [0.1, 0.15) is 37.0 Å². The zero-order valence-corrected chi connectivity index (χ0v) is 13.5. The van der Waals surface area contributed by atoms with Crippen LogP contribution in [-0.4, -0.2) is 5.91 Å². The fraction of sp³-hybridized carbons (Fsp3) is 0.300. The molecule has 3 nitrogen and oxygen atoms in total. The lowest BCUT2D eigenvalue weighted by Crippen LogP contribution is -2.17. The lowest BCUT2D eigenvalue weighted by atomic mass is 10.0. The van der Waals surface area contributed by atoms with Crippen LogP contribution in [0.15, 0.2) is 48.5 Å². The first-order valence-electron chi connectivity index (χ1n) is 7.87. The minimum Gasteiger partial charge on any atom is -0.326 e. The van der Waals surface area contributed by atoms with Crippen molar-refractivity contribution in [2.75, 3.05) is 5.32 Å². The van der Waals surface area contributed by atoms with Crippen molar-refractivity contribution in [3.05, 3.63) is 65.2 Å². The molecule has 0 radical (unpaired) electrons. The van der Waals surface area contributed by atoms with Crippen molar-refractivity contribution >= 4 is 11.6 Å². The third-order valence-electron chi connectivity index (χ3n) is 4.58. The number of rotatable bonds is 4. The summed E-state index contributed by atoms with van der Waals surface area (Å²) in [5, 5.41) is 11.9. The molecular formula is C20H20N2O. The minimum absolute atomic E-state index is 0.113. The van der Waals surface area contributed by atoms with E-state index < -0.39 is 0 Å². The molecule has 3 heteroatoms. The SMILES string of the molecule is CC1(C)CC1C(=O)Nc1ccccc1Cc1ccc(C#N)cc1. The summed E-state index contributed by atoms with van der Waals surface area (Å²) >= 11 is 0. The Bertz CT molecular complexity index is 769. The average molecular weight is 304 g/mol. The van der Waals surface area contributed by atoms with Gasteiger partial charge in [-0.3, -0.25) is 4.79 Å². The monoisotopic (exact) mass is 304 g/mol. The van der Waals surface area contributed by atoms with E-state index in [1.54, 1.807) is 0 Å². The number of hydrogen-bond donors (Lipinski definition) is 1. The molecule has 1 aliphatic rings. The number of para-hydroxylation sites is 1. The van der Waals surface area contributed by atoms with Crippen molar-refractivity contribution in [2.24, 2.45) is 11.3 Å². The number of carbonyl (C=O) groups excluding carboxylic acids is 1. The Labute approximate surface area is 137 Å². The number of anilines is 1. The normalized spacial score (nSPS) is 18.0. The van der Waals surface area contributed by atoms with Gasteiger partial charge in [0.15, 0.2) is 0 Å². The van der Waals surface area contributed by atoms with Gasteiger partial charge in [0.1, 0.15) is 0 Å². The van der Waals surface area contributed by atoms with Crippen LogP contribution in [0.4, 0.5) is 5.69 Å². The molecule has 2 aromatic carbocycles. The van der Waals surface area contributed by atoms with Crippen molar-refractivity contribution < 1.29 is 4.79 Å². The first kappa shape index (κ1) is 15.3. The van der Waals surface area contributed by atoms with Crippen LogP contribution >= 0.6 is 0 Å². The van der Waals surface area contributed by atoms with E-state index >= 15 is 0 Å². The highest BCUT2D eigenvalue weighted by Crippen LogP contribution is 2.52. The third-order valence-corrected chi connectivity index (χ3v) is 4.58. The van der Waals surface area contributed by atoms with E-state index in [9.17, 15) is 4.79 Å². The van der Waals surface area contributed by atoms with E-state index in [4.69, 9.17) is 5.26 Å². The Morgan fingerprint density at radius 3 is 2.48 bits per heavy atom. The lowest BCUT2D eigenvalue weighted by Gasteiger charge is -2.12. The van der Waals surface area contributed by atoms with Crippen molar-refractivity contribution in [1.82, 2.24) is 0 Å². The Hall–Kier alpha value is -2.60. The second kappa shape index (κ2) is 5.89. The molecular weight excluding hydrogens is 284 g/mol. The molecule has 1 aliphatic carbocycles. The molecule has 3 rings (SSSR count). The standard InChI is InChI=1S/C20H20N2O/c1-20(2)12-17(20)19(23)22-18-6-4-3-5-16(18)11-14-7-9-15(13-21)10-8-14/h3-10,17H,11-12H2,1-2H3,(H,22,23). The quantitative estimate of drug-likeness (QED) is 0.923. The van der Waals surface area contributed by atoms with Gasteiger partial charge in [0.25, 0.3) is 0 Å². The zero-order valence-electron chi connectivity index (χ0n) is 13.5. The van der Waals surface area contributed by atoms with Crippen LogP contribution in [0.2, 0.25) is 0 Å². The lowest BCUT2D eigenvalue weighted by molar-refractivity contribution is -0.118. The van der Waals surface area contributed by atoms with E-state index in [1.807, 2.05) is 48.5 Å². The van der Waals surface area contributed by atoms with Gasteiger partial charge in [0.2, 0.25) is 5.91 Å². The van der Waals surface area contributed by atoms with Gasteiger partial charge in [0.05, 0.1) is 11.6 Å². The number of carbonyl (C=O) groups is 1. The van der Waals surface area contributed by atoms with Gasteiger partial charge in [-0.25, -0.2) is 0 Å². The minimum atomic E-state index is 0.113. The van der Waals surface area contributed by atoms with Crippen LogP contribution in [0, 0.1) is 22.7 Å². The van der Waals surface area contributed by atoms with Gasteiger partial charge in [-0.15, -0.1) is 0 Å². The molecule has 23 heavy (non-hydrogen) atoms. The van der Waals surface area contributed by atoms with Crippen LogP contribution in [0.5, 0.6) is 0 Å². The molecule has 1 atom stereocenters. The van der Waals surface area contributed by atoms with E-state index in [-0.39, 0.29) is 17.2 Å². The first-order valence-corrected chi connectivity index (χ1v) is 7.87. The number of hydrogen-bond acceptors (Lipinski definition) is 2. The molecule has 0 spiro atoms. The molecule has 1 unspecified atom stereocenters. The highest BCUT2D eigenvalue weighted by atomic mass is 16.2. The van der Waals surface area contributed by atoms with Crippen molar-refractivity contribution in [2.45, 2.75) is 26.7 Å². The molecule has 0 heterocycles. The van der Waals surface area contributed by atoms with Gasteiger partial charge in [-0.05, 0) is 47.6 Å². The second-order valence-electron chi connectivity index (χ2n) is 6.88. The number of amides is 1. The van der Waals surface area contributed by atoms with Gasteiger partial charge >= 0.3 is 0 Å². The smallest absolute Gasteiger partial charge is 0.228 e. The summed E-state index contributed by atoms with van der Waals surface area (Å²) in [6.07, 6.45) is 1.69. The maximum absolute atomic E-state index is 12.3. The molecule has 116 valence electrons. The van der Waals surface area contributed by atoms with E-state index in [2.05, 4.69) is 25.2 Å². The van der Waals surface area contributed by atoms with Gasteiger partial charge in [0, 0.05) is 11.6 Å². The maximum Gasteiger partial charge on any atom is 0.228 e. The first-order chi connectivity index (χ1) is 11.0. The Balaban J connectivity index is 1.75. The van der Waals surface area contributed by atoms with E-state index in [1.165, 1.54) is 0 Å². The summed E-state index contributed by atoms with van der Waals surface area (Å²) in [4.78, 5) is 12.3. The van der Waals surface area contributed by atoms with Crippen molar-refractivity contribution in [3.8, 4) is 6.07 Å². The predicted octanol–water partition coefficient (Wildman–Crippen LogP) is 4.13. The van der Waals surface area contributed by atoms with E-state index in [0.717, 1.165) is 29.7 Å². The Morgan fingerprint density at radius 1 is 1.22 bits per heavy atom. The highest BCUT2D eigenvalue weighted by molar-refractivity contribution is 5.95. The number of benzene rings is 2. The van der Waals surface area contributed by atoms with Crippen molar-refractivity contribution in [3.63, 3.8) is 0 Å². The number of nitrogens with zero attached hydrogens (tertiary/aromatic N) is 1.